The molecule has 2 aliphatic rings. The summed E-state index contributed by atoms with van der Waals surface area (Å²) in [5.74, 6) is 3.69. The summed E-state index contributed by atoms with van der Waals surface area (Å²) >= 11 is 2.11. The van der Waals surface area contributed by atoms with Crippen LogP contribution in [0.2, 0.25) is 0 Å². The van der Waals surface area contributed by atoms with E-state index in [4.69, 9.17) is 0 Å². The molecule has 0 aromatic carbocycles. The first-order valence-corrected chi connectivity index (χ1v) is 7.55. The summed E-state index contributed by atoms with van der Waals surface area (Å²) in [6.07, 6.45) is 4.28. The standard InChI is InChI=1S/C12H24N2S/c1-11(12-3-4-12)13-5-7-14-6-2-9-15-10-8-14/h11-13H,2-10H2,1H3. The van der Waals surface area contributed by atoms with E-state index in [1.807, 2.05) is 0 Å². The Kier molecular flexibility index (Phi) is 4.79. The molecular formula is C12H24N2S. The lowest BCUT2D eigenvalue weighted by atomic mass is 10.2. The van der Waals surface area contributed by atoms with Crippen molar-refractivity contribution < 1.29 is 0 Å². The Balaban J connectivity index is 1.55. The van der Waals surface area contributed by atoms with Crippen molar-refractivity contribution in [2.75, 3.05) is 37.7 Å². The zero-order chi connectivity index (χ0) is 10.5. The van der Waals surface area contributed by atoms with Crippen molar-refractivity contribution in [2.45, 2.75) is 32.2 Å². The third-order valence-electron chi connectivity index (χ3n) is 3.54. The number of thioether (sulfide) groups is 1. The summed E-state index contributed by atoms with van der Waals surface area (Å²) in [7, 11) is 0. The maximum Gasteiger partial charge on any atom is 0.0107 e. The van der Waals surface area contributed by atoms with Gasteiger partial charge in [-0.2, -0.15) is 11.8 Å². The third-order valence-corrected chi connectivity index (χ3v) is 4.59. The Bertz CT molecular complexity index is 174. The first kappa shape index (κ1) is 11.7. The van der Waals surface area contributed by atoms with Crippen LogP contribution in [0.5, 0.6) is 0 Å². The van der Waals surface area contributed by atoms with E-state index in [2.05, 4.69) is 28.9 Å². The normalized spacial score (nSPS) is 26.2. The second-order valence-electron chi connectivity index (χ2n) is 4.89. The lowest BCUT2D eigenvalue weighted by Gasteiger charge is -2.21. The van der Waals surface area contributed by atoms with Crippen molar-refractivity contribution in [1.29, 1.82) is 0 Å². The molecule has 1 saturated carbocycles. The van der Waals surface area contributed by atoms with E-state index in [1.54, 1.807) is 0 Å². The molecule has 0 aromatic heterocycles. The van der Waals surface area contributed by atoms with Crippen molar-refractivity contribution in [2.24, 2.45) is 5.92 Å². The van der Waals surface area contributed by atoms with Crippen LogP contribution in [-0.4, -0.2) is 48.6 Å². The summed E-state index contributed by atoms with van der Waals surface area (Å²) in [5, 5.41) is 3.66. The first-order chi connectivity index (χ1) is 7.36. The van der Waals surface area contributed by atoms with Gasteiger partial charge in [-0.05, 0) is 44.4 Å². The second-order valence-corrected chi connectivity index (χ2v) is 6.11. The molecule has 2 nitrogen and oxygen atoms in total. The van der Waals surface area contributed by atoms with Gasteiger partial charge in [-0.3, -0.25) is 0 Å². The van der Waals surface area contributed by atoms with Crippen LogP contribution >= 0.6 is 11.8 Å². The number of rotatable bonds is 5. The minimum absolute atomic E-state index is 0.756. The lowest BCUT2D eigenvalue weighted by Crippen LogP contribution is -2.37. The van der Waals surface area contributed by atoms with Gasteiger partial charge in [-0.25, -0.2) is 0 Å². The Morgan fingerprint density at radius 1 is 1.33 bits per heavy atom. The van der Waals surface area contributed by atoms with Crippen LogP contribution in [0.1, 0.15) is 26.2 Å². The smallest absolute Gasteiger partial charge is 0.0107 e. The highest BCUT2D eigenvalue weighted by Gasteiger charge is 2.27. The van der Waals surface area contributed by atoms with Crippen LogP contribution in [0, 0.1) is 5.92 Å². The van der Waals surface area contributed by atoms with Crippen molar-refractivity contribution in [1.82, 2.24) is 10.2 Å². The molecule has 0 bridgehead atoms. The second kappa shape index (κ2) is 6.12. The van der Waals surface area contributed by atoms with Gasteiger partial charge in [0.2, 0.25) is 0 Å². The van der Waals surface area contributed by atoms with Crippen LogP contribution in [0.25, 0.3) is 0 Å². The number of hydrogen-bond acceptors (Lipinski definition) is 3. The van der Waals surface area contributed by atoms with Gasteiger partial charge in [0.1, 0.15) is 0 Å². The minimum Gasteiger partial charge on any atom is -0.313 e. The monoisotopic (exact) mass is 228 g/mol. The Morgan fingerprint density at radius 3 is 3.00 bits per heavy atom. The molecule has 0 amide bonds. The van der Waals surface area contributed by atoms with Crippen molar-refractivity contribution >= 4 is 11.8 Å². The van der Waals surface area contributed by atoms with E-state index in [9.17, 15) is 0 Å². The molecule has 1 atom stereocenters. The van der Waals surface area contributed by atoms with E-state index in [-0.39, 0.29) is 0 Å². The highest BCUT2D eigenvalue weighted by Crippen LogP contribution is 2.32. The number of hydrogen-bond donors (Lipinski definition) is 1. The van der Waals surface area contributed by atoms with Crippen LogP contribution in [0.15, 0.2) is 0 Å². The van der Waals surface area contributed by atoms with Crippen LogP contribution in [0.4, 0.5) is 0 Å². The molecular weight excluding hydrogens is 204 g/mol. The molecule has 1 heterocycles. The van der Waals surface area contributed by atoms with Gasteiger partial charge in [0.25, 0.3) is 0 Å². The zero-order valence-corrected chi connectivity index (χ0v) is 10.7. The molecule has 0 radical (unpaired) electrons. The van der Waals surface area contributed by atoms with Crippen LogP contribution in [0.3, 0.4) is 0 Å². The summed E-state index contributed by atoms with van der Waals surface area (Å²) in [6, 6.07) is 0.756. The van der Waals surface area contributed by atoms with E-state index in [0.717, 1.165) is 12.0 Å². The molecule has 1 unspecified atom stereocenters. The van der Waals surface area contributed by atoms with E-state index in [0.29, 0.717) is 0 Å². The fraction of sp³-hybridized carbons (Fsp3) is 1.00. The molecule has 1 N–H and O–H groups in total. The molecule has 15 heavy (non-hydrogen) atoms. The Morgan fingerprint density at radius 2 is 2.20 bits per heavy atom. The molecule has 1 saturated heterocycles. The number of nitrogens with zero attached hydrogens (tertiary/aromatic N) is 1. The molecule has 3 heteroatoms. The van der Waals surface area contributed by atoms with Gasteiger partial charge in [-0.1, -0.05) is 0 Å². The Hall–Kier alpha value is 0.270. The van der Waals surface area contributed by atoms with E-state index < -0.39 is 0 Å². The SMILES string of the molecule is CC(NCCN1CCCSCC1)C1CC1. The quantitative estimate of drug-likeness (QED) is 0.773. The summed E-state index contributed by atoms with van der Waals surface area (Å²) in [4.78, 5) is 2.62. The predicted octanol–water partition coefficient (Wildman–Crippen LogP) is 1.81. The fourth-order valence-electron chi connectivity index (χ4n) is 2.23. The van der Waals surface area contributed by atoms with Gasteiger partial charge in [-0.15, -0.1) is 0 Å². The highest BCUT2D eigenvalue weighted by atomic mass is 32.2. The highest BCUT2D eigenvalue weighted by molar-refractivity contribution is 7.99. The summed E-state index contributed by atoms with van der Waals surface area (Å²) in [6.45, 7) is 7.38. The molecule has 1 aliphatic carbocycles. The maximum atomic E-state index is 3.66. The average molecular weight is 228 g/mol. The molecule has 0 aromatic rings. The molecule has 0 spiro atoms. The Labute approximate surface area is 98.2 Å². The topological polar surface area (TPSA) is 15.3 Å². The zero-order valence-electron chi connectivity index (χ0n) is 9.87. The van der Waals surface area contributed by atoms with Crippen molar-refractivity contribution in [3.63, 3.8) is 0 Å². The van der Waals surface area contributed by atoms with Crippen molar-refractivity contribution in [3.05, 3.63) is 0 Å². The third kappa shape index (κ3) is 4.33. The van der Waals surface area contributed by atoms with Gasteiger partial charge >= 0.3 is 0 Å². The molecule has 2 fully saturated rings. The lowest BCUT2D eigenvalue weighted by molar-refractivity contribution is 0.287. The molecule has 2 rings (SSSR count). The van der Waals surface area contributed by atoms with Gasteiger partial charge in [0.15, 0.2) is 0 Å². The van der Waals surface area contributed by atoms with Gasteiger partial charge in [0, 0.05) is 31.4 Å². The minimum atomic E-state index is 0.756. The average Bonchev–Trinajstić information content (AvgIpc) is 3.06. The van der Waals surface area contributed by atoms with Crippen molar-refractivity contribution in [3.8, 4) is 0 Å². The molecule has 1 aliphatic heterocycles. The number of nitrogens with one attached hydrogen (secondary N) is 1. The first-order valence-electron chi connectivity index (χ1n) is 6.40. The molecule has 88 valence electrons. The van der Waals surface area contributed by atoms with E-state index in [1.165, 1.54) is 56.9 Å². The largest absolute Gasteiger partial charge is 0.313 e. The van der Waals surface area contributed by atoms with Gasteiger partial charge in [0.05, 0.1) is 0 Å². The van der Waals surface area contributed by atoms with Crippen LogP contribution in [-0.2, 0) is 0 Å². The van der Waals surface area contributed by atoms with Crippen LogP contribution < -0.4 is 5.32 Å². The fourth-order valence-corrected chi connectivity index (χ4v) is 3.16. The predicted molar refractivity (Wildman–Crippen MR) is 68.6 cm³/mol. The van der Waals surface area contributed by atoms with E-state index >= 15 is 0 Å². The van der Waals surface area contributed by atoms with Gasteiger partial charge < -0.3 is 10.2 Å². The maximum absolute atomic E-state index is 3.66. The summed E-state index contributed by atoms with van der Waals surface area (Å²) in [5.41, 5.74) is 0. The summed E-state index contributed by atoms with van der Waals surface area (Å²) < 4.78 is 0.